The molecular weight excluding hydrogens is 366 g/mol. The van der Waals surface area contributed by atoms with Crippen LogP contribution in [0.15, 0.2) is 71.3 Å². The molecule has 0 unspecified atom stereocenters. The molecule has 1 aromatic heterocycles. The summed E-state index contributed by atoms with van der Waals surface area (Å²) < 4.78 is 0.913. The molecule has 120 valence electrons. The third-order valence-electron chi connectivity index (χ3n) is 3.52. The third-order valence-corrected chi connectivity index (χ3v) is 4.01. The highest BCUT2D eigenvalue weighted by Crippen LogP contribution is 2.19. The average Bonchev–Trinajstić information content (AvgIpc) is 2.57. The highest BCUT2D eigenvalue weighted by molar-refractivity contribution is 9.10. The van der Waals surface area contributed by atoms with Crippen LogP contribution in [-0.2, 0) is 0 Å². The van der Waals surface area contributed by atoms with Crippen molar-refractivity contribution in [2.75, 3.05) is 10.6 Å². The van der Waals surface area contributed by atoms with Gasteiger partial charge in [-0.25, -0.2) is 4.98 Å². The highest BCUT2D eigenvalue weighted by atomic mass is 79.9. The number of anilines is 3. The molecule has 0 spiro atoms. The predicted octanol–water partition coefficient (Wildman–Crippen LogP) is 5.15. The van der Waals surface area contributed by atoms with E-state index in [-0.39, 0.29) is 5.91 Å². The van der Waals surface area contributed by atoms with Crippen molar-refractivity contribution in [2.24, 2.45) is 0 Å². The van der Waals surface area contributed by atoms with E-state index < -0.39 is 0 Å². The molecule has 4 nitrogen and oxygen atoms in total. The molecule has 2 aromatic carbocycles. The summed E-state index contributed by atoms with van der Waals surface area (Å²) in [6.07, 6.45) is 1.56. The largest absolute Gasteiger partial charge is 0.340 e. The molecule has 0 fully saturated rings. The number of carbonyl (C=O) groups is 1. The molecule has 0 aliphatic rings. The van der Waals surface area contributed by atoms with Gasteiger partial charge in [-0.05, 0) is 48.9 Å². The summed E-state index contributed by atoms with van der Waals surface area (Å²) in [5.74, 6) is 0.506. The number of benzene rings is 2. The van der Waals surface area contributed by atoms with Crippen LogP contribution in [0.3, 0.4) is 0 Å². The van der Waals surface area contributed by atoms with Gasteiger partial charge >= 0.3 is 0 Å². The van der Waals surface area contributed by atoms with Crippen LogP contribution in [0, 0.1) is 6.92 Å². The first kappa shape index (κ1) is 16.2. The molecule has 0 atom stereocenters. The number of hydrogen-bond donors (Lipinski definition) is 2. The lowest BCUT2D eigenvalue weighted by Gasteiger charge is -2.09. The fourth-order valence-corrected chi connectivity index (χ4v) is 2.62. The standard InChI is InChI=1S/C19H16BrN3O/c1-13-5-2-3-8-17(13)23-18-10-9-14(12-21-18)19(24)22-16-7-4-6-15(20)11-16/h2-12H,1H3,(H,21,23)(H,22,24). The van der Waals surface area contributed by atoms with Gasteiger partial charge in [0.25, 0.3) is 5.91 Å². The van der Waals surface area contributed by atoms with Gasteiger partial charge in [0.05, 0.1) is 5.56 Å². The van der Waals surface area contributed by atoms with Crippen LogP contribution >= 0.6 is 15.9 Å². The van der Waals surface area contributed by atoms with E-state index in [0.717, 1.165) is 21.4 Å². The van der Waals surface area contributed by atoms with Gasteiger partial charge in [0, 0.05) is 22.0 Å². The van der Waals surface area contributed by atoms with Crippen LogP contribution in [0.5, 0.6) is 0 Å². The molecule has 0 aliphatic heterocycles. The smallest absolute Gasteiger partial charge is 0.257 e. The zero-order valence-electron chi connectivity index (χ0n) is 13.1. The summed E-state index contributed by atoms with van der Waals surface area (Å²) in [6.45, 7) is 2.03. The van der Waals surface area contributed by atoms with Crippen molar-refractivity contribution < 1.29 is 4.79 Å². The zero-order chi connectivity index (χ0) is 16.9. The van der Waals surface area contributed by atoms with Crippen LogP contribution in [0.25, 0.3) is 0 Å². The molecule has 0 saturated heterocycles. The Hall–Kier alpha value is -2.66. The quantitative estimate of drug-likeness (QED) is 0.656. The molecule has 1 heterocycles. The third kappa shape index (κ3) is 4.00. The first-order valence-electron chi connectivity index (χ1n) is 7.47. The minimum absolute atomic E-state index is 0.192. The Bertz CT molecular complexity index is 862. The van der Waals surface area contributed by atoms with E-state index in [1.165, 1.54) is 0 Å². The Morgan fingerprint density at radius 2 is 1.88 bits per heavy atom. The van der Waals surface area contributed by atoms with Crippen molar-refractivity contribution in [3.63, 3.8) is 0 Å². The van der Waals surface area contributed by atoms with Crippen molar-refractivity contribution in [1.29, 1.82) is 0 Å². The fourth-order valence-electron chi connectivity index (χ4n) is 2.22. The van der Waals surface area contributed by atoms with Gasteiger partial charge in [-0.3, -0.25) is 4.79 Å². The van der Waals surface area contributed by atoms with Gasteiger partial charge in [-0.1, -0.05) is 40.2 Å². The van der Waals surface area contributed by atoms with Gasteiger partial charge < -0.3 is 10.6 Å². The number of para-hydroxylation sites is 1. The van der Waals surface area contributed by atoms with Crippen LogP contribution in [0.4, 0.5) is 17.2 Å². The number of aromatic nitrogens is 1. The van der Waals surface area contributed by atoms with Crippen molar-refractivity contribution in [1.82, 2.24) is 4.98 Å². The molecule has 1 amide bonds. The number of carbonyl (C=O) groups excluding carboxylic acids is 1. The van der Waals surface area contributed by atoms with E-state index in [1.807, 2.05) is 55.5 Å². The van der Waals surface area contributed by atoms with Crippen LogP contribution < -0.4 is 10.6 Å². The van der Waals surface area contributed by atoms with Crippen molar-refractivity contribution >= 4 is 39.0 Å². The van der Waals surface area contributed by atoms with E-state index >= 15 is 0 Å². The normalized spacial score (nSPS) is 10.2. The first-order chi connectivity index (χ1) is 11.6. The summed E-state index contributed by atoms with van der Waals surface area (Å²) in [4.78, 5) is 16.6. The van der Waals surface area contributed by atoms with Gasteiger partial charge in [-0.2, -0.15) is 0 Å². The van der Waals surface area contributed by atoms with Crippen molar-refractivity contribution in [3.05, 3.63) is 82.5 Å². The van der Waals surface area contributed by atoms with Crippen molar-refractivity contribution in [2.45, 2.75) is 6.92 Å². The molecule has 0 bridgehead atoms. The maximum Gasteiger partial charge on any atom is 0.257 e. The van der Waals surface area contributed by atoms with Crippen LogP contribution in [-0.4, -0.2) is 10.9 Å². The lowest BCUT2D eigenvalue weighted by molar-refractivity contribution is 0.102. The van der Waals surface area contributed by atoms with Gasteiger partial charge in [0.2, 0.25) is 0 Å². The molecule has 3 rings (SSSR count). The summed E-state index contributed by atoms with van der Waals surface area (Å²) in [5, 5.41) is 6.09. The van der Waals surface area contributed by atoms with E-state index in [4.69, 9.17) is 0 Å². The maximum absolute atomic E-state index is 12.3. The fraction of sp³-hybridized carbons (Fsp3) is 0.0526. The van der Waals surface area contributed by atoms with E-state index in [9.17, 15) is 4.79 Å². The second kappa shape index (κ2) is 7.27. The lowest BCUT2D eigenvalue weighted by atomic mass is 10.2. The number of amides is 1. The van der Waals surface area contributed by atoms with E-state index in [2.05, 4.69) is 31.5 Å². The van der Waals surface area contributed by atoms with Gasteiger partial charge in [0.15, 0.2) is 0 Å². The molecule has 24 heavy (non-hydrogen) atoms. The SMILES string of the molecule is Cc1ccccc1Nc1ccc(C(=O)Nc2cccc(Br)c2)cn1. The Kier molecular flexibility index (Phi) is 4.91. The second-order valence-corrected chi connectivity index (χ2v) is 6.25. The Morgan fingerprint density at radius 3 is 2.58 bits per heavy atom. The van der Waals surface area contributed by atoms with Gasteiger partial charge in [-0.15, -0.1) is 0 Å². The number of hydrogen-bond acceptors (Lipinski definition) is 3. The molecular formula is C19H16BrN3O. The summed E-state index contributed by atoms with van der Waals surface area (Å²) in [5.41, 5.74) is 3.37. The molecule has 2 N–H and O–H groups in total. The maximum atomic E-state index is 12.3. The summed E-state index contributed by atoms with van der Waals surface area (Å²) >= 11 is 3.38. The molecule has 3 aromatic rings. The van der Waals surface area contributed by atoms with Crippen molar-refractivity contribution in [3.8, 4) is 0 Å². The minimum Gasteiger partial charge on any atom is -0.340 e. The topological polar surface area (TPSA) is 54.0 Å². The summed E-state index contributed by atoms with van der Waals surface area (Å²) in [6, 6.07) is 19.0. The highest BCUT2D eigenvalue weighted by Gasteiger charge is 2.07. The first-order valence-corrected chi connectivity index (χ1v) is 8.27. The Labute approximate surface area is 149 Å². The lowest BCUT2D eigenvalue weighted by Crippen LogP contribution is -2.12. The number of halogens is 1. The number of aryl methyl sites for hydroxylation is 1. The van der Waals surface area contributed by atoms with E-state index in [1.54, 1.807) is 18.3 Å². The number of nitrogens with one attached hydrogen (secondary N) is 2. The molecule has 0 radical (unpaired) electrons. The average molecular weight is 382 g/mol. The van der Waals surface area contributed by atoms with E-state index in [0.29, 0.717) is 11.4 Å². The molecule has 0 saturated carbocycles. The Morgan fingerprint density at radius 1 is 1.04 bits per heavy atom. The number of pyridine rings is 1. The zero-order valence-corrected chi connectivity index (χ0v) is 14.7. The Balaban J connectivity index is 1.70. The van der Waals surface area contributed by atoms with Crippen LogP contribution in [0.1, 0.15) is 15.9 Å². The molecule has 5 heteroatoms. The number of rotatable bonds is 4. The predicted molar refractivity (Wildman–Crippen MR) is 101 cm³/mol. The summed E-state index contributed by atoms with van der Waals surface area (Å²) in [7, 11) is 0. The number of nitrogens with zero attached hydrogens (tertiary/aromatic N) is 1. The minimum atomic E-state index is -0.192. The second-order valence-electron chi connectivity index (χ2n) is 5.34. The molecule has 0 aliphatic carbocycles. The van der Waals surface area contributed by atoms with Crippen LogP contribution in [0.2, 0.25) is 0 Å². The van der Waals surface area contributed by atoms with Gasteiger partial charge in [0.1, 0.15) is 5.82 Å². The monoisotopic (exact) mass is 381 g/mol.